The van der Waals surface area contributed by atoms with Crippen LogP contribution in [0.25, 0.3) is 16.6 Å². The standard InChI is InChI=1S/C14H12N2S/c1-17-14-12-9-5-6-10-13(12)16(15-14)11-7-3-2-4-8-11/h2-10H,1H3. The fraction of sp³-hybridized carbons (Fsp3) is 0.0714. The Kier molecular flexibility index (Phi) is 2.61. The van der Waals surface area contributed by atoms with E-state index in [1.165, 1.54) is 5.39 Å². The van der Waals surface area contributed by atoms with E-state index in [9.17, 15) is 0 Å². The Morgan fingerprint density at radius 1 is 0.941 bits per heavy atom. The van der Waals surface area contributed by atoms with Crippen molar-refractivity contribution in [2.45, 2.75) is 5.03 Å². The van der Waals surface area contributed by atoms with Crippen LogP contribution in [0.2, 0.25) is 0 Å². The van der Waals surface area contributed by atoms with Gasteiger partial charge in [-0.2, -0.15) is 5.10 Å². The molecule has 1 heterocycles. The van der Waals surface area contributed by atoms with Crippen molar-refractivity contribution in [3.63, 3.8) is 0 Å². The molecule has 3 heteroatoms. The molecule has 0 bridgehead atoms. The van der Waals surface area contributed by atoms with Gasteiger partial charge in [0.25, 0.3) is 0 Å². The first kappa shape index (κ1) is 10.4. The van der Waals surface area contributed by atoms with Crippen molar-refractivity contribution < 1.29 is 0 Å². The molecule has 0 aliphatic carbocycles. The van der Waals surface area contributed by atoms with Crippen molar-refractivity contribution in [3.8, 4) is 5.69 Å². The van der Waals surface area contributed by atoms with Crippen molar-refractivity contribution in [1.82, 2.24) is 9.78 Å². The first-order chi connectivity index (χ1) is 8.40. The van der Waals surface area contributed by atoms with Crippen LogP contribution < -0.4 is 0 Å². The van der Waals surface area contributed by atoms with Gasteiger partial charge in [0.2, 0.25) is 0 Å². The number of rotatable bonds is 2. The largest absolute Gasteiger partial charge is 0.232 e. The van der Waals surface area contributed by atoms with E-state index < -0.39 is 0 Å². The molecule has 3 rings (SSSR count). The van der Waals surface area contributed by atoms with Gasteiger partial charge in [0.15, 0.2) is 0 Å². The average Bonchev–Trinajstić information content (AvgIpc) is 2.78. The number of benzene rings is 2. The molecule has 0 saturated heterocycles. The van der Waals surface area contributed by atoms with Crippen LogP contribution >= 0.6 is 11.8 Å². The molecule has 0 atom stereocenters. The molecule has 0 aliphatic rings. The highest BCUT2D eigenvalue weighted by Gasteiger charge is 2.09. The zero-order valence-electron chi connectivity index (χ0n) is 9.50. The minimum Gasteiger partial charge on any atom is -0.232 e. The molecule has 0 saturated carbocycles. The van der Waals surface area contributed by atoms with Crippen LogP contribution in [0, 0.1) is 0 Å². The van der Waals surface area contributed by atoms with Crippen molar-refractivity contribution in [1.29, 1.82) is 0 Å². The molecule has 0 spiro atoms. The molecule has 0 amide bonds. The van der Waals surface area contributed by atoms with Crippen LogP contribution in [0.3, 0.4) is 0 Å². The van der Waals surface area contributed by atoms with Gasteiger partial charge in [0.1, 0.15) is 5.03 Å². The van der Waals surface area contributed by atoms with Crippen molar-refractivity contribution >= 4 is 22.7 Å². The Morgan fingerprint density at radius 2 is 1.65 bits per heavy atom. The van der Waals surface area contributed by atoms with Gasteiger partial charge < -0.3 is 0 Å². The fourth-order valence-electron chi connectivity index (χ4n) is 1.95. The van der Waals surface area contributed by atoms with Crippen LogP contribution in [0.1, 0.15) is 0 Å². The summed E-state index contributed by atoms with van der Waals surface area (Å²) in [6.45, 7) is 0. The highest BCUT2D eigenvalue weighted by atomic mass is 32.2. The summed E-state index contributed by atoms with van der Waals surface area (Å²) in [5.74, 6) is 0. The lowest BCUT2D eigenvalue weighted by molar-refractivity contribution is 0.861. The second-order valence-corrected chi connectivity index (χ2v) is 4.57. The smallest absolute Gasteiger partial charge is 0.126 e. The van der Waals surface area contributed by atoms with Crippen LogP contribution in [0.5, 0.6) is 0 Å². The maximum Gasteiger partial charge on any atom is 0.126 e. The molecule has 1 aromatic heterocycles. The first-order valence-corrected chi connectivity index (χ1v) is 6.70. The summed E-state index contributed by atoms with van der Waals surface area (Å²) in [4.78, 5) is 0. The monoisotopic (exact) mass is 240 g/mol. The molecular weight excluding hydrogens is 228 g/mol. The number of hydrogen-bond donors (Lipinski definition) is 0. The molecule has 84 valence electrons. The van der Waals surface area contributed by atoms with Gasteiger partial charge in [-0.25, -0.2) is 4.68 Å². The van der Waals surface area contributed by atoms with Gasteiger partial charge >= 0.3 is 0 Å². The van der Waals surface area contributed by atoms with Crippen molar-refractivity contribution in [3.05, 3.63) is 54.6 Å². The van der Waals surface area contributed by atoms with Gasteiger partial charge in [-0.3, -0.25) is 0 Å². The third kappa shape index (κ3) is 1.72. The summed E-state index contributed by atoms with van der Waals surface area (Å²) < 4.78 is 2.00. The Hall–Kier alpha value is -1.74. The van der Waals surface area contributed by atoms with E-state index in [0.717, 1.165) is 16.2 Å². The molecule has 2 aromatic carbocycles. The van der Waals surface area contributed by atoms with Crippen LogP contribution in [-0.4, -0.2) is 16.0 Å². The number of aromatic nitrogens is 2. The van der Waals surface area contributed by atoms with Crippen molar-refractivity contribution in [2.75, 3.05) is 6.26 Å². The molecule has 2 nitrogen and oxygen atoms in total. The molecule has 17 heavy (non-hydrogen) atoms. The molecular formula is C14H12N2S. The molecule has 3 aromatic rings. The second kappa shape index (κ2) is 4.26. The third-order valence-corrected chi connectivity index (χ3v) is 3.44. The minimum absolute atomic E-state index is 1.07. The molecule has 0 fully saturated rings. The van der Waals surface area contributed by atoms with E-state index in [0.29, 0.717) is 0 Å². The zero-order chi connectivity index (χ0) is 11.7. The van der Waals surface area contributed by atoms with Gasteiger partial charge in [-0.1, -0.05) is 36.4 Å². The van der Waals surface area contributed by atoms with Gasteiger partial charge in [-0.05, 0) is 24.5 Å². The summed E-state index contributed by atoms with van der Waals surface area (Å²) in [5, 5.41) is 6.94. The normalized spacial score (nSPS) is 10.9. The Morgan fingerprint density at radius 3 is 2.41 bits per heavy atom. The third-order valence-electron chi connectivity index (χ3n) is 2.75. The lowest BCUT2D eigenvalue weighted by Gasteiger charge is -2.01. The van der Waals surface area contributed by atoms with Crippen LogP contribution in [0.4, 0.5) is 0 Å². The van der Waals surface area contributed by atoms with Gasteiger partial charge in [0.05, 0.1) is 11.2 Å². The molecule has 0 N–H and O–H groups in total. The summed E-state index contributed by atoms with van der Waals surface area (Å²) in [6.07, 6.45) is 2.06. The van der Waals surface area contributed by atoms with Crippen LogP contribution in [-0.2, 0) is 0 Å². The summed E-state index contributed by atoms with van der Waals surface area (Å²) in [7, 11) is 0. The Balaban J connectivity index is 2.31. The van der Waals surface area contributed by atoms with Gasteiger partial charge in [0, 0.05) is 5.39 Å². The van der Waals surface area contributed by atoms with Gasteiger partial charge in [-0.15, -0.1) is 11.8 Å². The lowest BCUT2D eigenvalue weighted by atomic mass is 10.2. The maximum atomic E-state index is 4.66. The first-order valence-electron chi connectivity index (χ1n) is 5.47. The highest BCUT2D eigenvalue weighted by molar-refractivity contribution is 7.98. The summed E-state index contributed by atoms with van der Waals surface area (Å²) >= 11 is 1.68. The quantitative estimate of drug-likeness (QED) is 0.635. The van der Waals surface area contributed by atoms with Crippen LogP contribution in [0.15, 0.2) is 59.6 Å². The Labute approximate surface area is 104 Å². The highest BCUT2D eigenvalue weighted by Crippen LogP contribution is 2.27. The molecule has 0 unspecified atom stereocenters. The zero-order valence-corrected chi connectivity index (χ0v) is 10.3. The average molecular weight is 240 g/mol. The number of nitrogens with zero attached hydrogens (tertiary/aromatic N) is 2. The molecule has 0 radical (unpaired) electrons. The Bertz CT molecular complexity index is 644. The van der Waals surface area contributed by atoms with Crippen molar-refractivity contribution in [2.24, 2.45) is 0 Å². The van der Waals surface area contributed by atoms with E-state index in [1.807, 2.05) is 28.9 Å². The van der Waals surface area contributed by atoms with E-state index in [-0.39, 0.29) is 0 Å². The summed E-state index contributed by atoms with van der Waals surface area (Å²) in [5.41, 5.74) is 2.26. The predicted molar refractivity (Wildman–Crippen MR) is 72.9 cm³/mol. The summed E-state index contributed by atoms with van der Waals surface area (Å²) in [6, 6.07) is 18.6. The predicted octanol–water partition coefficient (Wildman–Crippen LogP) is 3.75. The van der Waals surface area contributed by atoms with E-state index in [1.54, 1.807) is 11.8 Å². The maximum absolute atomic E-state index is 4.66. The van der Waals surface area contributed by atoms with E-state index >= 15 is 0 Å². The fourth-order valence-corrected chi connectivity index (χ4v) is 2.51. The lowest BCUT2D eigenvalue weighted by Crippen LogP contribution is -1.95. The number of thioether (sulfide) groups is 1. The number of hydrogen-bond acceptors (Lipinski definition) is 2. The number of fused-ring (bicyclic) bond motifs is 1. The second-order valence-electron chi connectivity index (χ2n) is 3.77. The minimum atomic E-state index is 1.07. The van der Waals surface area contributed by atoms with E-state index in [4.69, 9.17) is 0 Å². The number of para-hydroxylation sites is 2. The van der Waals surface area contributed by atoms with E-state index in [2.05, 4.69) is 41.7 Å². The topological polar surface area (TPSA) is 17.8 Å². The molecule has 0 aliphatic heterocycles. The SMILES string of the molecule is CSc1nn(-c2ccccc2)c2ccccc12.